The van der Waals surface area contributed by atoms with Crippen LogP contribution in [0.15, 0.2) is 34.8 Å². The number of halogens is 2. The number of benzene rings is 2. The van der Waals surface area contributed by atoms with Crippen molar-refractivity contribution in [3.63, 3.8) is 0 Å². The van der Waals surface area contributed by atoms with E-state index in [4.69, 9.17) is 4.74 Å². The van der Waals surface area contributed by atoms with E-state index in [0.29, 0.717) is 11.3 Å². The van der Waals surface area contributed by atoms with Crippen molar-refractivity contribution >= 4 is 27.5 Å². The standard InChI is InChI=1S/C15H13BrFNO3/c1-8-6-11(17)10(16)7-12(8)18-15(20)9-4-3-5-13(21-2)14(9)19/h3-7,19H,1-2H3,(H,18,20). The van der Waals surface area contributed by atoms with Gasteiger partial charge in [-0.05, 0) is 52.7 Å². The minimum atomic E-state index is -0.506. The molecule has 2 aromatic carbocycles. The van der Waals surface area contributed by atoms with Gasteiger partial charge in [0, 0.05) is 5.69 Å². The van der Waals surface area contributed by atoms with Crippen LogP contribution in [0.3, 0.4) is 0 Å². The number of hydrogen-bond acceptors (Lipinski definition) is 3. The molecule has 0 aliphatic heterocycles. The van der Waals surface area contributed by atoms with E-state index < -0.39 is 11.7 Å². The van der Waals surface area contributed by atoms with Crippen LogP contribution >= 0.6 is 15.9 Å². The van der Waals surface area contributed by atoms with Crippen molar-refractivity contribution in [1.82, 2.24) is 0 Å². The Kier molecular flexibility index (Phi) is 4.47. The molecule has 4 nitrogen and oxygen atoms in total. The predicted octanol–water partition coefficient (Wildman–Crippen LogP) is 3.86. The molecule has 0 aliphatic rings. The highest BCUT2D eigenvalue weighted by Crippen LogP contribution is 2.31. The van der Waals surface area contributed by atoms with Gasteiger partial charge in [-0.2, -0.15) is 0 Å². The van der Waals surface area contributed by atoms with Gasteiger partial charge in [0.15, 0.2) is 11.5 Å². The van der Waals surface area contributed by atoms with Crippen LogP contribution in [-0.4, -0.2) is 18.1 Å². The Morgan fingerprint density at radius 2 is 2.10 bits per heavy atom. The zero-order valence-corrected chi connectivity index (χ0v) is 13.0. The normalized spacial score (nSPS) is 10.3. The summed E-state index contributed by atoms with van der Waals surface area (Å²) in [5.41, 5.74) is 1.11. The monoisotopic (exact) mass is 353 g/mol. The molecule has 0 saturated heterocycles. The zero-order chi connectivity index (χ0) is 15.6. The molecule has 110 valence electrons. The first-order valence-corrected chi connectivity index (χ1v) is 6.86. The van der Waals surface area contributed by atoms with E-state index in [9.17, 15) is 14.3 Å². The van der Waals surface area contributed by atoms with Gasteiger partial charge in [-0.15, -0.1) is 0 Å². The van der Waals surface area contributed by atoms with Gasteiger partial charge < -0.3 is 15.2 Å². The SMILES string of the molecule is COc1cccc(C(=O)Nc2cc(Br)c(F)cc2C)c1O. The molecule has 0 aliphatic carbocycles. The minimum Gasteiger partial charge on any atom is -0.504 e. The molecule has 21 heavy (non-hydrogen) atoms. The lowest BCUT2D eigenvalue weighted by atomic mass is 10.1. The Hall–Kier alpha value is -2.08. The smallest absolute Gasteiger partial charge is 0.259 e. The number of para-hydroxylation sites is 1. The second-order valence-electron chi connectivity index (χ2n) is 4.39. The molecular weight excluding hydrogens is 341 g/mol. The largest absolute Gasteiger partial charge is 0.504 e. The molecule has 0 spiro atoms. The number of carbonyl (C=O) groups excluding carboxylic acids is 1. The zero-order valence-electron chi connectivity index (χ0n) is 11.4. The van der Waals surface area contributed by atoms with Gasteiger partial charge in [-0.3, -0.25) is 4.79 Å². The lowest BCUT2D eigenvalue weighted by Crippen LogP contribution is -2.13. The third kappa shape index (κ3) is 3.16. The van der Waals surface area contributed by atoms with E-state index in [1.807, 2.05) is 0 Å². The summed E-state index contributed by atoms with van der Waals surface area (Å²) < 4.78 is 18.6. The fourth-order valence-corrected chi connectivity index (χ4v) is 2.18. The molecule has 0 radical (unpaired) electrons. The van der Waals surface area contributed by atoms with E-state index in [1.165, 1.54) is 25.3 Å². The van der Waals surface area contributed by atoms with Crippen molar-refractivity contribution in [1.29, 1.82) is 0 Å². The highest BCUT2D eigenvalue weighted by Gasteiger charge is 2.16. The van der Waals surface area contributed by atoms with Gasteiger partial charge in [-0.25, -0.2) is 4.39 Å². The Bertz CT molecular complexity index is 704. The summed E-state index contributed by atoms with van der Waals surface area (Å²) in [5.74, 6) is -0.946. The van der Waals surface area contributed by atoms with Crippen molar-refractivity contribution in [2.45, 2.75) is 6.92 Å². The molecule has 6 heteroatoms. The number of hydrogen-bond donors (Lipinski definition) is 2. The van der Waals surface area contributed by atoms with Crippen LogP contribution in [0.2, 0.25) is 0 Å². The van der Waals surface area contributed by atoms with E-state index in [1.54, 1.807) is 19.1 Å². The van der Waals surface area contributed by atoms with Crippen LogP contribution in [0, 0.1) is 12.7 Å². The maximum atomic E-state index is 13.4. The van der Waals surface area contributed by atoms with Crippen molar-refractivity contribution in [2.24, 2.45) is 0 Å². The predicted molar refractivity (Wildman–Crippen MR) is 81.4 cm³/mol. The van der Waals surface area contributed by atoms with Gasteiger partial charge >= 0.3 is 0 Å². The molecule has 0 bridgehead atoms. The van der Waals surface area contributed by atoms with Crippen molar-refractivity contribution in [2.75, 3.05) is 12.4 Å². The summed E-state index contributed by atoms with van der Waals surface area (Å²) in [4.78, 5) is 12.2. The Morgan fingerprint density at radius 3 is 2.76 bits per heavy atom. The van der Waals surface area contributed by atoms with Gasteiger partial charge in [0.25, 0.3) is 5.91 Å². The quantitative estimate of drug-likeness (QED) is 0.880. The fraction of sp³-hybridized carbons (Fsp3) is 0.133. The minimum absolute atomic E-state index is 0.0780. The van der Waals surface area contributed by atoms with Gasteiger partial charge in [-0.1, -0.05) is 6.07 Å². The molecule has 0 fully saturated rings. The second kappa shape index (κ2) is 6.13. The summed E-state index contributed by atoms with van der Waals surface area (Å²) in [6, 6.07) is 7.40. The number of carbonyl (C=O) groups is 1. The molecule has 0 saturated carbocycles. The number of phenols is 1. The first-order valence-electron chi connectivity index (χ1n) is 6.07. The van der Waals surface area contributed by atoms with Gasteiger partial charge in [0.05, 0.1) is 17.1 Å². The molecule has 0 atom stereocenters. The molecule has 1 amide bonds. The molecule has 0 unspecified atom stereocenters. The Balaban J connectivity index is 2.33. The summed E-state index contributed by atoms with van der Waals surface area (Å²) in [6.45, 7) is 1.68. The number of aromatic hydroxyl groups is 1. The average molecular weight is 354 g/mol. The van der Waals surface area contributed by atoms with Crippen molar-refractivity contribution in [3.8, 4) is 11.5 Å². The third-order valence-electron chi connectivity index (χ3n) is 2.98. The third-order valence-corrected chi connectivity index (χ3v) is 3.59. The van der Waals surface area contributed by atoms with Gasteiger partial charge in [0.1, 0.15) is 5.82 Å². The number of rotatable bonds is 3. The van der Waals surface area contributed by atoms with Crippen LogP contribution in [0.4, 0.5) is 10.1 Å². The number of ether oxygens (including phenoxy) is 1. The molecule has 2 aromatic rings. The highest BCUT2D eigenvalue weighted by molar-refractivity contribution is 9.10. The van der Waals surface area contributed by atoms with Crippen LogP contribution in [0.25, 0.3) is 0 Å². The lowest BCUT2D eigenvalue weighted by molar-refractivity contribution is 0.102. The molecule has 0 heterocycles. The Labute approximate surface area is 129 Å². The molecule has 2 N–H and O–H groups in total. The topological polar surface area (TPSA) is 58.6 Å². The van der Waals surface area contributed by atoms with E-state index in [0.717, 1.165) is 0 Å². The molecule has 2 rings (SSSR count). The summed E-state index contributed by atoms with van der Waals surface area (Å²) in [5, 5.41) is 12.6. The van der Waals surface area contributed by atoms with E-state index >= 15 is 0 Å². The summed E-state index contributed by atoms with van der Waals surface area (Å²) in [6.07, 6.45) is 0. The first kappa shape index (κ1) is 15.3. The maximum Gasteiger partial charge on any atom is 0.259 e. The summed E-state index contributed by atoms with van der Waals surface area (Å²) >= 11 is 3.07. The van der Waals surface area contributed by atoms with E-state index in [2.05, 4.69) is 21.2 Å². The number of aryl methyl sites for hydroxylation is 1. The average Bonchev–Trinajstić information content (AvgIpc) is 2.44. The number of phenolic OH excluding ortho intramolecular Hbond substituents is 1. The highest BCUT2D eigenvalue weighted by atomic mass is 79.9. The number of nitrogens with one attached hydrogen (secondary N) is 1. The van der Waals surface area contributed by atoms with Crippen LogP contribution < -0.4 is 10.1 Å². The first-order chi connectivity index (χ1) is 9.93. The van der Waals surface area contributed by atoms with Crippen LogP contribution in [0.5, 0.6) is 11.5 Å². The second-order valence-corrected chi connectivity index (χ2v) is 5.25. The maximum absolute atomic E-state index is 13.4. The van der Waals surface area contributed by atoms with Gasteiger partial charge in [0.2, 0.25) is 0 Å². The van der Waals surface area contributed by atoms with Crippen molar-refractivity contribution < 1.29 is 19.0 Å². The number of methoxy groups -OCH3 is 1. The molecular formula is C15H13BrFNO3. The molecule has 0 aromatic heterocycles. The fourth-order valence-electron chi connectivity index (χ4n) is 1.84. The Morgan fingerprint density at radius 1 is 1.38 bits per heavy atom. The number of amides is 1. The lowest BCUT2D eigenvalue weighted by Gasteiger charge is -2.12. The van der Waals surface area contributed by atoms with E-state index in [-0.39, 0.29) is 21.5 Å². The van der Waals surface area contributed by atoms with Crippen LogP contribution in [-0.2, 0) is 0 Å². The van der Waals surface area contributed by atoms with Crippen LogP contribution in [0.1, 0.15) is 15.9 Å². The summed E-state index contributed by atoms with van der Waals surface area (Å²) in [7, 11) is 1.40. The van der Waals surface area contributed by atoms with Crippen molar-refractivity contribution in [3.05, 3.63) is 51.7 Å². The number of anilines is 1.